The number of nitrogens with zero attached hydrogens (tertiary/aromatic N) is 1. The van der Waals surface area contributed by atoms with Crippen molar-refractivity contribution in [2.75, 3.05) is 13.1 Å². The molecule has 1 saturated carbocycles. The first-order valence-corrected chi connectivity index (χ1v) is 11.3. The quantitative estimate of drug-likeness (QED) is 0.747. The Balaban J connectivity index is 1.47. The Morgan fingerprint density at radius 1 is 1.11 bits per heavy atom. The minimum Gasteiger partial charge on any atom is -0.508 e. The molecule has 28 heavy (non-hydrogen) atoms. The Morgan fingerprint density at radius 2 is 1.96 bits per heavy atom. The summed E-state index contributed by atoms with van der Waals surface area (Å²) in [6.45, 7) is 4.73. The van der Waals surface area contributed by atoms with Crippen molar-refractivity contribution in [3.8, 4) is 5.75 Å². The topological polar surface area (TPSA) is 23.5 Å². The molecule has 2 fully saturated rings. The van der Waals surface area contributed by atoms with Crippen molar-refractivity contribution in [3.05, 3.63) is 65.2 Å². The van der Waals surface area contributed by atoms with Gasteiger partial charge in [-0.25, -0.2) is 0 Å². The molecule has 3 aliphatic rings. The molecule has 1 aliphatic heterocycles. The smallest absolute Gasteiger partial charge is 0.115 e. The van der Waals surface area contributed by atoms with Gasteiger partial charge in [0.25, 0.3) is 0 Å². The highest BCUT2D eigenvalue weighted by Gasteiger charge is 2.53. The first kappa shape index (κ1) is 18.2. The SMILES string of the molecule is CCC(CN1CC[C@]23CCCC[C@H]2[C@@H]1Cc1ccc(O)cc13)c1ccccc1. The average Bonchev–Trinajstić information content (AvgIpc) is 2.74. The van der Waals surface area contributed by atoms with Gasteiger partial charge in [-0.3, -0.25) is 4.90 Å². The summed E-state index contributed by atoms with van der Waals surface area (Å²) in [7, 11) is 0. The van der Waals surface area contributed by atoms with Gasteiger partial charge in [-0.05, 0) is 79.3 Å². The third kappa shape index (κ3) is 2.88. The predicted octanol–water partition coefficient (Wildman–Crippen LogP) is 5.64. The van der Waals surface area contributed by atoms with Crippen LogP contribution in [0.15, 0.2) is 48.5 Å². The second-order valence-electron chi connectivity index (χ2n) is 9.38. The largest absolute Gasteiger partial charge is 0.508 e. The van der Waals surface area contributed by atoms with Gasteiger partial charge >= 0.3 is 0 Å². The second kappa shape index (κ2) is 7.22. The zero-order chi connectivity index (χ0) is 19.1. The van der Waals surface area contributed by atoms with Crippen molar-refractivity contribution in [1.82, 2.24) is 4.90 Å². The molecule has 1 heterocycles. The van der Waals surface area contributed by atoms with Gasteiger partial charge in [0.2, 0.25) is 0 Å². The van der Waals surface area contributed by atoms with Crippen LogP contribution in [0, 0.1) is 5.92 Å². The zero-order valence-corrected chi connectivity index (χ0v) is 17.1. The monoisotopic (exact) mass is 375 g/mol. The Hall–Kier alpha value is -1.80. The molecule has 4 atom stereocenters. The first-order chi connectivity index (χ1) is 13.7. The summed E-state index contributed by atoms with van der Waals surface area (Å²) in [4.78, 5) is 2.84. The summed E-state index contributed by atoms with van der Waals surface area (Å²) >= 11 is 0. The molecule has 2 heteroatoms. The number of hydrogen-bond acceptors (Lipinski definition) is 2. The molecule has 0 spiro atoms. The van der Waals surface area contributed by atoms with Crippen LogP contribution in [0.2, 0.25) is 0 Å². The highest BCUT2D eigenvalue weighted by atomic mass is 16.3. The number of piperidine rings is 1. The lowest BCUT2D eigenvalue weighted by atomic mass is 9.52. The highest BCUT2D eigenvalue weighted by molar-refractivity contribution is 5.45. The average molecular weight is 376 g/mol. The molecule has 1 N–H and O–H groups in total. The van der Waals surface area contributed by atoms with Crippen LogP contribution in [0.3, 0.4) is 0 Å². The van der Waals surface area contributed by atoms with E-state index < -0.39 is 0 Å². The van der Waals surface area contributed by atoms with Gasteiger partial charge in [-0.1, -0.05) is 56.2 Å². The fourth-order valence-electron chi connectivity index (χ4n) is 6.78. The van der Waals surface area contributed by atoms with Crippen LogP contribution in [0.25, 0.3) is 0 Å². The Bertz CT molecular complexity index is 832. The number of aromatic hydroxyl groups is 1. The van der Waals surface area contributed by atoms with Crippen molar-refractivity contribution >= 4 is 0 Å². The molecule has 0 radical (unpaired) electrons. The van der Waals surface area contributed by atoms with E-state index in [9.17, 15) is 5.11 Å². The Morgan fingerprint density at radius 3 is 2.79 bits per heavy atom. The lowest BCUT2D eigenvalue weighted by Crippen LogP contribution is -2.61. The molecule has 0 amide bonds. The van der Waals surface area contributed by atoms with Crippen molar-refractivity contribution in [2.45, 2.75) is 69.2 Å². The van der Waals surface area contributed by atoms with Crippen LogP contribution in [-0.4, -0.2) is 29.1 Å². The number of phenols is 1. The fourth-order valence-corrected chi connectivity index (χ4v) is 6.78. The van der Waals surface area contributed by atoms with Crippen LogP contribution in [0.4, 0.5) is 0 Å². The molecule has 2 aliphatic carbocycles. The number of likely N-dealkylation sites (tertiary alicyclic amines) is 1. The van der Waals surface area contributed by atoms with E-state index in [0.29, 0.717) is 23.1 Å². The second-order valence-corrected chi connectivity index (χ2v) is 9.38. The number of fused-ring (bicyclic) bond motifs is 1. The van der Waals surface area contributed by atoms with Crippen molar-refractivity contribution in [1.29, 1.82) is 0 Å². The van der Waals surface area contributed by atoms with E-state index >= 15 is 0 Å². The summed E-state index contributed by atoms with van der Waals surface area (Å²) in [6.07, 6.45) is 9.02. The summed E-state index contributed by atoms with van der Waals surface area (Å²) in [5.41, 5.74) is 4.80. The van der Waals surface area contributed by atoms with E-state index in [1.54, 1.807) is 0 Å². The molecular weight excluding hydrogens is 342 g/mol. The maximum absolute atomic E-state index is 10.2. The number of rotatable bonds is 4. The molecule has 2 bridgehead atoms. The number of benzene rings is 2. The van der Waals surface area contributed by atoms with E-state index in [-0.39, 0.29) is 0 Å². The van der Waals surface area contributed by atoms with Gasteiger partial charge in [0.15, 0.2) is 0 Å². The van der Waals surface area contributed by atoms with Gasteiger partial charge in [0.1, 0.15) is 5.75 Å². The van der Waals surface area contributed by atoms with Gasteiger partial charge in [-0.15, -0.1) is 0 Å². The fraction of sp³-hybridized carbons (Fsp3) is 0.538. The Kier molecular flexibility index (Phi) is 4.71. The number of hydrogen-bond donors (Lipinski definition) is 1. The van der Waals surface area contributed by atoms with E-state index in [0.717, 1.165) is 12.3 Å². The van der Waals surface area contributed by atoms with Crippen LogP contribution in [-0.2, 0) is 11.8 Å². The van der Waals surface area contributed by atoms with Crippen LogP contribution in [0.1, 0.15) is 68.1 Å². The van der Waals surface area contributed by atoms with E-state index in [1.807, 2.05) is 6.07 Å². The van der Waals surface area contributed by atoms with E-state index in [2.05, 4.69) is 54.3 Å². The molecule has 2 aromatic rings. The third-order valence-corrected chi connectivity index (χ3v) is 8.15. The summed E-state index contributed by atoms with van der Waals surface area (Å²) in [5, 5.41) is 10.2. The maximum Gasteiger partial charge on any atom is 0.115 e. The van der Waals surface area contributed by atoms with E-state index in [1.165, 1.54) is 68.3 Å². The van der Waals surface area contributed by atoms with Crippen LogP contribution in [0.5, 0.6) is 5.75 Å². The minimum atomic E-state index is 0.320. The minimum absolute atomic E-state index is 0.320. The lowest BCUT2D eigenvalue weighted by Gasteiger charge is -2.59. The van der Waals surface area contributed by atoms with Crippen LogP contribution < -0.4 is 0 Å². The predicted molar refractivity (Wildman–Crippen MR) is 115 cm³/mol. The molecule has 0 aromatic heterocycles. The van der Waals surface area contributed by atoms with Gasteiger partial charge in [0, 0.05) is 18.0 Å². The molecule has 2 nitrogen and oxygen atoms in total. The first-order valence-electron chi connectivity index (χ1n) is 11.3. The molecule has 2 aromatic carbocycles. The Labute approximate surface area is 169 Å². The summed E-state index contributed by atoms with van der Waals surface area (Å²) in [6, 6.07) is 18.0. The normalized spacial score (nSPS) is 30.3. The summed E-state index contributed by atoms with van der Waals surface area (Å²) in [5.74, 6) is 1.84. The molecule has 1 unspecified atom stereocenters. The van der Waals surface area contributed by atoms with Crippen LogP contribution >= 0.6 is 0 Å². The number of phenolic OH excluding ortho intramolecular Hbond substituents is 1. The molecule has 5 rings (SSSR count). The molecular formula is C26H33NO. The molecule has 148 valence electrons. The van der Waals surface area contributed by atoms with Crippen molar-refractivity contribution in [3.63, 3.8) is 0 Å². The highest BCUT2D eigenvalue weighted by Crippen LogP contribution is 2.56. The van der Waals surface area contributed by atoms with Crippen molar-refractivity contribution in [2.24, 2.45) is 5.92 Å². The standard InChI is InChI=1S/C26H33NO/c1-2-19(20-8-4-3-5-9-20)18-27-15-14-26-13-7-6-10-23(26)25(27)16-21-11-12-22(28)17-24(21)26/h3-5,8-9,11-12,17,19,23,25,28H,2,6-7,10,13-16,18H2,1H3/t19?,23-,25-,26+/m0/s1. The van der Waals surface area contributed by atoms with Gasteiger partial charge in [0.05, 0.1) is 0 Å². The zero-order valence-electron chi connectivity index (χ0n) is 17.1. The third-order valence-electron chi connectivity index (χ3n) is 8.15. The van der Waals surface area contributed by atoms with Gasteiger partial charge in [-0.2, -0.15) is 0 Å². The maximum atomic E-state index is 10.2. The van der Waals surface area contributed by atoms with Crippen molar-refractivity contribution < 1.29 is 5.11 Å². The lowest BCUT2D eigenvalue weighted by molar-refractivity contribution is -0.0143. The molecule has 1 saturated heterocycles. The van der Waals surface area contributed by atoms with Gasteiger partial charge < -0.3 is 5.11 Å². The van der Waals surface area contributed by atoms with E-state index in [4.69, 9.17) is 0 Å². The summed E-state index contributed by atoms with van der Waals surface area (Å²) < 4.78 is 0.